The van der Waals surface area contributed by atoms with E-state index < -0.39 is 74.4 Å². The first-order valence-corrected chi connectivity index (χ1v) is 11.8. The zero-order valence-corrected chi connectivity index (χ0v) is 20.3. The molecule has 0 aromatic rings. The Morgan fingerprint density at radius 3 is 1.53 bits per heavy atom. The monoisotopic (exact) mass is 529 g/mol. The zero-order valence-electron chi connectivity index (χ0n) is 20.3. The van der Waals surface area contributed by atoms with E-state index in [-0.39, 0.29) is 58.4 Å². The first-order chi connectivity index (χ1) is 17.0. The van der Waals surface area contributed by atoms with Crippen LogP contribution in [0.2, 0.25) is 0 Å². The highest BCUT2D eigenvalue weighted by Gasteiger charge is 2.30. The Labute approximate surface area is 209 Å². The van der Waals surface area contributed by atoms with Gasteiger partial charge in [0, 0.05) is 58.8 Å². The molecular weight excluding hydrogens is 486 g/mol. The molecule has 0 bridgehead atoms. The minimum absolute atomic E-state index is 0.000376. The molecule has 0 aliphatic heterocycles. The Morgan fingerprint density at radius 1 is 0.667 bits per heavy atom. The van der Waals surface area contributed by atoms with Crippen LogP contribution in [0, 0.1) is 0 Å². The molecule has 0 fully saturated rings. The molecule has 0 aliphatic rings. The predicted octanol–water partition coefficient (Wildman–Crippen LogP) is -6.42. The number of amides is 2. The molecule has 0 aromatic carbocycles. The average molecular weight is 530 g/mol. The van der Waals surface area contributed by atoms with Crippen molar-refractivity contribution in [3.05, 3.63) is 0 Å². The van der Waals surface area contributed by atoms with Gasteiger partial charge in [0.1, 0.15) is 12.2 Å². The van der Waals surface area contributed by atoms with Crippen molar-refractivity contribution in [3.8, 4) is 0 Å². The lowest BCUT2D eigenvalue weighted by molar-refractivity contribution is -0.126. The molecule has 0 spiro atoms. The number of rotatable bonds is 21. The summed E-state index contributed by atoms with van der Waals surface area (Å²) in [7, 11) is 0. The van der Waals surface area contributed by atoms with Crippen molar-refractivity contribution in [1.82, 2.24) is 15.5 Å². The third-order valence-electron chi connectivity index (χ3n) is 5.39. The minimum atomic E-state index is -1.63. The van der Waals surface area contributed by atoms with Crippen LogP contribution in [-0.4, -0.2) is 163 Å². The van der Waals surface area contributed by atoms with Crippen LogP contribution in [0.3, 0.4) is 0 Å². The van der Waals surface area contributed by atoms with E-state index in [1.54, 1.807) is 0 Å². The number of nitrogens with zero attached hydrogens (tertiary/aromatic N) is 1. The lowest BCUT2D eigenvalue weighted by Gasteiger charge is -2.32. The molecule has 36 heavy (non-hydrogen) atoms. The zero-order chi connectivity index (χ0) is 27.7. The summed E-state index contributed by atoms with van der Waals surface area (Å²) >= 11 is 0. The van der Waals surface area contributed by atoms with E-state index in [4.69, 9.17) is 15.3 Å². The number of aliphatic hydroxyl groups excluding tert-OH is 10. The highest BCUT2D eigenvalue weighted by molar-refractivity contribution is 5.83. The number of hydrogen-bond acceptors (Lipinski definition) is 13. The molecule has 15 heteroatoms. The predicted molar refractivity (Wildman–Crippen MR) is 124 cm³/mol. The third kappa shape index (κ3) is 14.9. The van der Waals surface area contributed by atoms with Crippen LogP contribution in [0.25, 0.3) is 0 Å². The second-order valence-corrected chi connectivity index (χ2v) is 8.53. The number of carbonyl (C=O) groups is 2. The fraction of sp³-hybridized carbons (Fsp3) is 0.905. The molecular formula is C21H43N3O12. The first kappa shape index (κ1) is 34.5. The molecule has 0 heterocycles. The van der Waals surface area contributed by atoms with Gasteiger partial charge in [0.25, 0.3) is 0 Å². The van der Waals surface area contributed by atoms with Crippen molar-refractivity contribution in [3.63, 3.8) is 0 Å². The average Bonchev–Trinajstić information content (AvgIpc) is 2.84. The fourth-order valence-electron chi connectivity index (χ4n) is 3.17. The second kappa shape index (κ2) is 19.6. The van der Waals surface area contributed by atoms with Crippen LogP contribution < -0.4 is 10.6 Å². The van der Waals surface area contributed by atoms with E-state index in [0.717, 1.165) is 0 Å². The van der Waals surface area contributed by atoms with E-state index in [0.29, 0.717) is 0 Å². The Hall–Kier alpha value is -1.50. The molecule has 0 radical (unpaired) electrons. The van der Waals surface area contributed by atoms with E-state index in [1.807, 2.05) is 0 Å². The summed E-state index contributed by atoms with van der Waals surface area (Å²) in [6.45, 7) is -2.16. The lowest BCUT2D eigenvalue weighted by atomic mass is 10.0. The summed E-state index contributed by atoms with van der Waals surface area (Å²) in [5, 5.41) is 101. The fourth-order valence-corrected chi connectivity index (χ4v) is 3.17. The van der Waals surface area contributed by atoms with Crippen LogP contribution in [-0.2, 0) is 9.59 Å². The van der Waals surface area contributed by atoms with Gasteiger partial charge in [-0.05, 0) is 12.8 Å². The molecule has 0 aliphatic carbocycles. The number of aliphatic hydroxyl groups is 10. The quantitative estimate of drug-likeness (QED) is 0.0660. The van der Waals surface area contributed by atoms with E-state index in [1.165, 1.54) is 4.90 Å². The van der Waals surface area contributed by atoms with E-state index >= 15 is 0 Å². The van der Waals surface area contributed by atoms with Gasteiger partial charge in [-0.15, -0.1) is 0 Å². The molecule has 0 saturated carbocycles. The minimum Gasteiger partial charge on any atom is -0.396 e. The Kier molecular flexibility index (Phi) is 18.8. The number of nitrogens with one attached hydrogen (secondary N) is 2. The molecule has 0 rings (SSSR count). The second-order valence-electron chi connectivity index (χ2n) is 8.53. The standard InChI is InChI=1S/C21H43N3O12/c25-7-3-14(29)20(35)16(31)10-24(11-17(32)21(36)15(30)4-8-26)6-5-22-18(33)1-2-19(34)23-9-13(28)12-27/h13-17,20-21,25-32,35-36H,1-12H2,(H,22,33)(H,23,34). The van der Waals surface area contributed by atoms with Gasteiger partial charge >= 0.3 is 0 Å². The molecule has 0 saturated heterocycles. The van der Waals surface area contributed by atoms with Gasteiger partial charge in [-0.3, -0.25) is 14.5 Å². The summed E-state index contributed by atoms with van der Waals surface area (Å²) in [6.07, 6.45) is -11.0. The van der Waals surface area contributed by atoms with Crippen molar-refractivity contribution in [2.75, 3.05) is 52.5 Å². The smallest absolute Gasteiger partial charge is 0.220 e. The van der Waals surface area contributed by atoms with Crippen LogP contribution in [0.4, 0.5) is 0 Å². The summed E-state index contributed by atoms with van der Waals surface area (Å²) in [5.74, 6) is -0.998. The maximum atomic E-state index is 12.0. The van der Waals surface area contributed by atoms with E-state index in [2.05, 4.69) is 10.6 Å². The first-order valence-electron chi connectivity index (χ1n) is 11.8. The lowest BCUT2D eigenvalue weighted by Crippen LogP contribution is -2.51. The topological polar surface area (TPSA) is 264 Å². The molecule has 7 atom stereocenters. The number of hydrogen-bond donors (Lipinski definition) is 12. The summed E-state index contributed by atoms with van der Waals surface area (Å²) in [6, 6.07) is 0. The highest BCUT2D eigenvalue weighted by atomic mass is 16.4. The summed E-state index contributed by atoms with van der Waals surface area (Å²) in [5.41, 5.74) is 0. The van der Waals surface area contributed by atoms with Gasteiger partial charge < -0.3 is 61.7 Å². The van der Waals surface area contributed by atoms with Gasteiger partial charge in [-0.1, -0.05) is 0 Å². The van der Waals surface area contributed by atoms with Crippen molar-refractivity contribution < 1.29 is 60.7 Å². The molecule has 2 amide bonds. The Balaban J connectivity index is 4.87. The van der Waals surface area contributed by atoms with Crippen LogP contribution >= 0.6 is 0 Å². The van der Waals surface area contributed by atoms with Crippen molar-refractivity contribution >= 4 is 11.8 Å². The normalized spacial score (nSPS) is 17.6. The van der Waals surface area contributed by atoms with Gasteiger partial charge in [0.05, 0.1) is 37.1 Å². The highest BCUT2D eigenvalue weighted by Crippen LogP contribution is 2.10. The molecule has 7 unspecified atom stereocenters. The summed E-state index contributed by atoms with van der Waals surface area (Å²) < 4.78 is 0. The Bertz CT molecular complexity index is 576. The van der Waals surface area contributed by atoms with Gasteiger partial charge in [0.2, 0.25) is 11.8 Å². The Morgan fingerprint density at radius 2 is 1.11 bits per heavy atom. The maximum absolute atomic E-state index is 12.0. The maximum Gasteiger partial charge on any atom is 0.220 e. The van der Waals surface area contributed by atoms with Crippen molar-refractivity contribution in [2.24, 2.45) is 0 Å². The largest absolute Gasteiger partial charge is 0.396 e. The molecule has 12 N–H and O–H groups in total. The molecule has 214 valence electrons. The number of carbonyl (C=O) groups excluding carboxylic acids is 2. The van der Waals surface area contributed by atoms with Crippen LogP contribution in [0.1, 0.15) is 25.7 Å². The van der Waals surface area contributed by atoms with Crippen LogP contribution in [0.5, 0.6) is 0 Å². The van der Waals surface area contributed by atoms with Crippen molar-refractivity contribution in [2.45, 2.75) is 68.4 Å². The molecule has 0 aromatic heterocycles. The third-order valence-corrected chi connectivity index (χ3v) is 5.39. The van der Waals surface area contributed by atoms with Crippen LogP contribution in [0.15, 0.2) is 0 Å². The van der Waals surface area contributed by atoms with E-state index in [9.17, 15) is 45.3 Å². The van der Waals surface area contributed by atoms with Gasteiger partial charge in [-0.25, -0.2) is 0 Å². The van der Waals surface area contributed by atoms with Crippen molar-refractivity contribution in [1.29, 1.82) is 0 Å². The SMILES string of the molecule is O=C(CCC(=O)NCC(O)CO)NCCN(CC(O)C(O)C(O)CCO)CC(O)C(O)C(O)CCO. The summed E-state index contributed by atoms with van der Waals surface area (Å²) in [4.78, 5) is 25.0. The van der Waals surface area contributed by atoms with Gasteiger partial charge in [-0.2, -0.15) is 0 Å². The molecule has 15 nitrogen and oxygen atoms in total. The van der Waals surface area contributed by atoms with Gasteiger partial charge in [0.15, 0.2) is 0 Å².